The van der Waals surface area contributed by atoms with Crippen LogP contribution in [0, 0.1) is 11.8 Å². The quantitative estimate of drug-likeness (QED) is 0.758. The summed E-state index contributed by atoms with van der Waals surface area (Å²) in [5.41, 5.74) is -0.318. The van der Waals surface area contributed by atoms with Crippen molar-refractivity contribution in [2.24, 2.45) is 11.8 Å². The summed E-state index contributed by atoms with van der Waals surface area (Å²) in [4.78, 5) is 2.10. The molecule has 1 aliphatic carbocycles. The molecule has 2 N–H and O–H groups in total. The highest BCUT2D eigenvalue weighted by Gasteiger charge is 2.47. The van der Waals surface area contributed by atoms with Crippen molar-refractivity contribution in [3.05, 3.63) is 0 Å². The SMILES string of the molecule is CCCNC(CO)(CN1CCC(C(F)(F)F)CC1)C1CC1. The third-order valence-electron chi connectivity index (χ3n) is 4.92. The predicted molar refractivity (Wildman–Crippen MR) is 76.1 cm³/mol. The van der Waals surface area contributed by atoms with E-state index in [2.05, 4.69) is 17.1 Å². The van der Waals surface area contributed by atoms with E-state index in [4.69, 9.17) is 0 Å². The highest BCUT2D eigenvalue weighted by molar-refractivity contribution is 5.03. The third-order valence-corrected chi connectivity index (χ3v) is 4.92. The first-order valence-electron chi connectivity index (χ1n) is 8.06. The van der Waals surface area contributed by atoms with Crippen LogP contribution in [-0.4, -0.2) is 54.5 Å². The minimum Gasteiger partial charge on any atom is -0.394 e. The number of hydrogen-bond acceptors (Lipinski definition) is 3. The van der Waals surface area contributed by atoms with Crippen LogP contribution in [0.2, 0.25) is 0 Å². The number of nitrogens with zero attached hydrogens (tertiary/aromatic N) is 1. The Morgan fingerprint density at radius 3 is 2.14 bits per heavy atom. The molecule has 0 spiro atoms. The molecule has 2 aliphatic rings. The Bertz CT molecular complexity index is 325. The number of aliphatic hydroxyl groups is 1. The fourth-order valence-corrected chi connectivity index (χ4v) is 3.39. The third kappa shape index (κ3) is 4.33. The minimum atomic E-state index is -4.06. The molecule has 0 aromatic heterocycles. The van der Waals surface area contributed by atoms with Gasteiger partial charge in [-0.2, -0.15) is 13.2 Å². The predicted octanol–water partition coefficient (Wildman–Crippen LogP) is 2.40. The van der Waals surface area contributed by atoms with Crippen molar-refractivity contribution in [1.29, 1.82) is 0 Å². The van der Waals surface area contributed by atoms with Crippen LogP contribution in [0.15, 0.2) is 0 Å². The van der Waals surface area contributed by atoms with Gasteiger partial charge in [0, 0.05) is 6.54 Å². The normalized spacial score (nSPS) is 25.0. The zero-order chi connectivity index (χ0) is 15.5. The Kier molecular flexibility index (Phi) is 5.54. The lowest BCUT2D eigenvalue weighted by atomic mass is 9.90. The number of hydrogen-bond donors (Lipinski definition) is 2. The topological polar surface area (TPSA) is 35.5 Å². The van der Waals surface area contributed by atoms with E-state index < -0.39 is 12.1 Å². The van der Waals surface area contributed by atoms with Crippen molar-refractivity contribution >= 4 is 0 Å². The van der Waals surface area contributed by atoms with Gasteiger partial charge in [0.1, 0.15) is 0 Å². The fraction of sp³-hybridized carbons (Fsp3) is 1.00. The molecule has 0 aromatic rings. The maximum absolute atomic E-state index is 12.7. The molecule has 0 amide bonds. The van der Waals surface area contributed by atoms with Gasteiger partial charge < -0.3 is 15.3 Å². The molecule has 0 aromatic carbocycles. The van der Waals surface area contributed by atoms with E-state index in [1.807, 2.05) is 0 Å². The maximum atomic E-state index is 12.7. The summed E-state index contributed by atoms with van der Waals surface area (Å²) in [7, 11) is 0. The Hall–Kier alpha value is -0.330. The number of rotatable bonds is 7. The largest absolute Gasteiger partial charge is 0.394 e. The number of alkyl halides is 3. The molecule has 1 atom stereocenters. The van der Waals surface area contributed by atoms with Gasteiger partial charge >= 0.3 is 6.18 Å². The van der Waals surface area contributed by atoms with E-state index in [-0.39, 0.29) is 25.0 Å². The van der Waals surface area contributed by atoms with Gasteiger partial charge in [0.25, 0.3) is 0 Å². The van der Waals surface area contributed by atoms with Crippen molar-refractivity contribution in [3.63, 3.8) is 0 Å². The number of piperidine rings is 1. The molecule has 1 unspecified atom stereocenters. The van der Waals surface area contributed by atoms with Gasteiger partial charge in [0.05, 0.1) is 18.1 Å². The first kappa shape index (κ1) is 17.0. The van der Waals surface area contributed by atoms with Gasteiger partial charge in [-0.1, -0.05) is 6.92 Å². The monoisotopic (exact) mass is 308 g/mol. The molecule has 1 saturated carbocycles. The first-order valence-corrected chi connectivity index (χ1v) is 8.06. The minimum absolute atomic E-state index is 0.0663. The van der Waals surface area contributed by atoms with Crippen LogP contribution in [-0.2, 0) is 0 Å². The molecule has 2 fully saturated rings. The van der Waals surface area contributed by atoms with Gasteiger partial charge in [0.15, 0.2) is 0 Å². The molecular formula is C15H27F3N2O. The Labute approximate surface area is 124 Å². The Balaban J connectivity index is 1.90. The second-order valence-corrected chi connectivity index (χ2v) is 6.61. The summed E-state index contributed by atoms with van der Waals surface area (Å²) in [5.74, 6) is -0.684. The zero-order valence-electron chi connectivity index (χ0n) is 12.8. The number of aliphatic hydroxyl groups excluding tert-OH is 1. The van der Waals surface area contributed by atoms with Crippen molar-refractivity contribution in [2.75, 3.05) is 32.8 Å². The first-order chi connectivity index (χ1) is 9.91. The second kappa shape index (κ2) is 6.84. The maximum Gasteiger partial charge on any atom is 0.391 e. The Morgan fingerprint density at radius 1 is 1.10 bits per heavy atom. The summed E-state index contributed by atoms with van der Waals surface area (Å²) >= 11 is 0. The lowest BCUT2D eigenvalue weighted by Crippen LogP contribution is -2.59. The van der Waals surface area contributed by atoms with E-state index in [9.17, 15) is 18.3 Å². The average molecular weight is 308 g/mol. The van der Waals surface area contributed by atoms with Gasteiger partial charge in [-0.25, -0.2) is 0 Å². The molecule has 0 bridgehead atoms. The lowest BCUT2D eigenvalue weighted by molar-refractivity contribution is -0.185. The highest BCUT2D eigenvalue weighted by Crippen LogP contribution is 2.41. The standard InChI is InChI=1S/C15H27F3N2O/c1-2-7-19-14(11-21,12-3-4-12)10-20-8-5-13(6-9-20)15(16,17)18/h12-13,19,21H,2-11H2,1H3. The van der Waals surface area contributed by atoms with Crippen molar-refractivity contribution < 1.29 is 18.3 Å². The summed E-state index contributed by atoms with van der Waals surface area (Å²) < 4.78 is 38.1. The van der Waals surface area contributed by atoms with Crippen LogP contribution >= 0.6 is 0 Å². The van der Waals surface area contributed by atoms with E-state index in [1.165, 1.54) is 0 Å². The van der Waals surface area contributed by atoms with Gasteiger partial charge in [0.2, 0.25) is 0 Å². The van der Waals surface area contributed by atoms with Gasteiger partial charge in [-0.3, -0.25) is 0 Å². The van der Waals surface area contributed by atoms with E-state index >= 15 is 0 Å². The molecule has 3 nitrogen and oxygen atoms in total. The number of nitrogens with one attached hydrogen (secondary N) is 1. The van der Waals surface area contributed by atoms with E-state index in [0.717, 1.165) is 25.8 Å². The molecule has 1 saturated heterocycles. The van der Waals surface area contributed by atoms with Crippen molar-refractivity contribution in [3.8, 4) is 0 Å². The number of halogens is 3. The van der Waals surface area contributed by atoms with Crippen LogP contribution in [0.5, 0.6) is 0 Å². The van der Waals surface area contributed by atoms with Gasteiger partial charge in [-0.05, 0) is 57.7 Å². The molecule has 21 heavy (non-hydrogen) atoms. The molecule has 1 heterocycles. The van der Waals surface area contributed by atoms with E-state index in [0.29, 0.717) is 25.6 Å². The second-order valence-electron chi connectivity index (χ2n) is 6.61. The number of likely N-dealkylation sites (tertiary alicyclic amines) is 1. The van der Waals surface area contributed by atoms with Crippen molar-refractivity contribution in [1.82, 2.24) is 10.2 Å². The van der Waals surface area contributed by atoms with Gasteiger partial charge in [-0.15, -0.1) is 0 Å². The Morgan fingerprint density at radius 2 is 1.71 bits per heavy atom. The van der Waals surface area contributed by atoms with Crippen LogP contribution in [0.25, 0.3) is 0 Å². The summed E-state index contributed by atoms with van der Waals surface area (Å²) in [6, 6.07) is 0. The molecule has 2 rings (SSSR count). The van der Waals surface area contributed by atoms with Crippen molar-refractivity contribution in [2.45, 2.75) is 50.7 Å². The van der Waals surface area contributed by atoms with Crippen LogP contribution in [0.1, 0.15) is 39.0 Å². The molecule has 6 heteroatoms. The fourth-order valence-electron chi connectivity index (χ4n) is 3.39. The van der Waals surface area contributed by atoms with E-state index in [1.54, 1.807) is 0 Å². The smallest absolute Gasteiger partial charge is 0.391 e. The highest BCUT2D eigenvalue weighted by atomic mass is 19.4. The summed E-state index contributed by atoms with van der Waals surface area (Å²) in [6.45, 7) is 4.61. The zero-order valence-corrected chi connectivity index (χ0v) is 12.8. The molecule has 124 valence electrons. The van der Waals surface area contributed by atoms with Crippen LogP contribution in [0.3, 0.4) is 0 Å². The summed E-state index contributed by atoms with van der Waals surface area (Å²) in [5, 5.41) is 13.3. The average Bonchev–Trinajstić information content (AvgIpc) is 3.28. The van der Waals surface area contributed by atoms with Crippen LogP contribution in [0.4, 0.5) is 13.2 Å². The lowest BCUT2D eigenvalue weighted by Gasteiger charge is -2.41. The van der Waals surface area contributed by atoms with Crippen LogP contribution < -0.4 is 5.32 Å². The molecule has 0 radical (unpaired) electrons. The molecular weight excluding hydrogens is 281 g/mol. The summed E-state index contributed by atoms with van der Waals surface area (Å²) in [6.07, 6.45) is -0.485. The molecule has 1 aliphatic heterocycles.